The smallest absolute Gasteiger partial charge is 0.264 e. The van der Waals surface area contributed by atoms with E-state index in [1.54, 1.807) is 48.5 Å². The first-order chi connectivity index (χ1) is 15.0. The zero-order valence-corrected chi connectivity index (χ0v) is 20.7. The lowest BCUT2D eigenvalue weighted by Gasteiger charge is -2.24. The zero-order chi connectivity index (χ0) is 22.1. The second-order valence-corrected chi connectivity index (χ2v) is 11.8. The second-order valence-electron chi connectivity index (χ2n) is 7.64. The molecule has 0 spiro atoms. The first-order valence-electron chi connectivity index (χ1n) is 10.7. The van der Waals surface area contributed by atoms with E-state index in [0.717, 1.165) is 21.9 Å². The van der Waals surface area contributed by atoms with Crippen LogP contribution in [-0.4, -0.2) is 38.4 Å². The second kappa shape index (κ2) is 11.9. The highest BCUT2D eigenvalue weighted by molar-refractivity contribution is 9.10. The molecule has 0 heterocycles. The standard InChI is InChI=1S/C23H29BrN2O3S2/c24-19-9-7-10-20(17-19)26(31(28,29)22-13-5-2-6-14-22)18-23(27)25-15-8-16-30-21-11-3-1-4-12-21/h2,5-7,9-10,13-14,17,21H,1,3-4,8,11-12,15-16,18H2,(H,25,27). The number of carbonyl (C=O) groups is 1. The van der Waals surface area contributed by atoms with E-state index in [1.807, 2.05) is 17.8 Å². The number of carbonyl (C=O) groups excluding carboxylic acids is 1. The molecule has 0 aliphatic heterocycles. The molecule has 168 valence electrons. The molecule has 31 heavy (non-hydrogen) atoms. The van der Waals surface area contributed by atoms with Gasteiger partial charge in [0.1, 0.15) is 6.54 Å². The summed E-state index contributed by atoms with van der Waals surface area (Å²) >= 11 is 5.39. The van der Waals surface area contributed by atoms with Gasteiger partial charge in [-0.3, -0.25) is 9.10 Å². The van der Waals surface area contributed by atoms with E-state index in [-0.39, 0.29) is 17.3 Å². The largest absolute Gasteiger partial charge is 0.354 e. The fourth-order valence-corrected chi connectivity index (χ4v) is 6.77. The molecule has 2 aromatic carbocycles. The van der Waals surface area contributed by atoms with Gasteiger partial charge < -0.3 is 5.32 Å². The molecule has 1 aliphatic rings. The van der Waals surface area contributed by atoms with Crippen LogP contribution in [0.4, 0.5) is 5.69 Å². The molecule has 0 bridgehead atoms. The highest BCUT2D eigenvalue weighted by atomic mass is 79.9. The molecule has 1 saturated carbocycles. The lowest BCUT2D eigenvalue weighted by Crippen LogP contribution is -2.41. The molecule has 5 nitrogen and oxygen atoms in total. The van der Waals surface area contributed by atoms with Gasteiger partial charge in [0.15, 0.2) is 0 Å². The summed E-state index contributed by atoms with van der Waals surface area (Å²) in [5, 5.41) is 3.65. The SMILES string of the molecule is O=C(CN(c1cccc(Br)c1)S(=O)(=O)c1ccccc1)NCCCSC1CCCCC1. The number of benzene rings is 2. The molecule has 1 N–H and O–H groups in total. The number of anilines is 1. The van der Waals surface area contributed by atoms with Gasteiger partial charge in [-0.25, -0.2) is 8.42 Å². The Hall–Kier alpha value is -1.51. The van der Waals surface area contributed by atoms with Gasteiger partial charge in [0, 0.05) is 16.3 Å². The summed E-state index contributed by atoms with van der Waals surface area (Å²) < 4.78 is 28.4. The van der Waals surface area contributed by atoms with E-state index in [1.165, 1.54) is 36.4 Å². The van der Waals surface area contributed by atoms with Crippen molar-refractivity contribution in [1.29, 1.82) is 0 Å². The van der Waals surface area contributed by atoms with Crippen LogP contribution in [0.2, 0.25) is 0 Å². The average molecular weight is 526 g/mol. The van der Waals surface area contributed by atoms with E-state index in [0.29, 0.717) is 12.2 Å². The number of rotatable bonds is 10. The summed E-state index contributed by atoms with van der Waals surface area (Å²) in [5.41, 5.74) is 0.446. The number of nitrogens with one attached hydrogen (secondary N) is 1. The van der Waals surface area contributed by atoms with Crippen LogP contribution in [0.15, 0.2) is 64.0 Å². The molecule has 0 radical (unpaired) electrons. The van der Waals surface area contributed by atoms with Gasteiger partial charge in [-0.15, -0.1) is 0 Å². The Morgan fingerprint density at radius 1 is 1.06 bits per heavy atom. The first-order valence-corrected chi connectivity index (χ1v) is 14.0. The van der Waals surface area contributed by atoms with Gasteiger partial charge in [-0.05, 0) is 55.3 Å². The van der Waals surface area contributed by atoms with E-state index < -0.39 is 10.0 Å². The predicted octanol–water partition coefficient (Wildman–Crippen LogP) is 5.22. The highest BCUT2D eigenvalue weighted by Crippen LogP contribution is 2.28. The zero-order valence-electron chi connectivity index (χ0n) is 17.5. The van der Waals surface area contributed by atoms with Crippen LogP contribution in [0.5, 0.6) is 0 Å². The molecule has 1 aliphatic carbocycles. The average Bonchev–Trinajstić information content (AvgIpc) is 2.78. The van der Waals surface area contributed by atoms with Crippen molar-refractivity contribution in [3.63, 3.8) is 0 Å². The maximum absolute atomic E-state index is 13.3. The van der Waals surface area contributed by atoms with Gasteiger partial charge >= 0.3 is 0 Å². The van der Waals surface area contributed by atoms with Crippen molar-refractivity contribution in [2.75, 3.05) is 23.1 Å². The molecule has 8 heteroatoms. The van der Waals surface area contributed by atoms with Crippen LogP contribution in [0.25, 0.3) is 0 Å². The molecule has 3 rings (SSSR count). The van der Waals surface area contributed by atoms with Gasteiger partial charge in [0.2, 0.25) is 5.91 Å². The molecule has 2 aromatic rings. The Kier molecular flexibility index (Phi) is 9.29. The predicted molar refractivity (Wildman–Crippen MR) is 132 cm³/mol. The molecular formula is C23H29BrN2O3S2. The Labute approximate surface area is 198 Å². The Morgan fingerprint density at radius 2 is 1.81 bits per heavy atom. The van der Waals surface area contributed by atoms with Crippen molar-refractivity contribution in [3.8, 4) is 0 Å². The lowest BCUT2D eigenvalue weighted by atomic mass is 10.0. The lowest BCUT2D eigenvalue weighted by molar-refractivity contribution is -0.119. The van der Waals surface area contributed by atoms with Crippen LogP contribution < -0.4 is 9.62 Å². The third kappa shape index (κ3) is 7.26. The molecule has 0 aromatic heterocycles. The minimum Gasteiger partial charge on any atom is -0.354 e. The van der Waals surface area contributed by atoms with Crippen LogP contribution in [0, 0.1) is 0 Å². The number of amides is 1. The molecule has 0 atom stereocenters. The summed E-state index contributed by atoms with van der Waals surface area (Å²) in [7, 11) is -3.87. The van der Waals surface area contributed by atoms with Gasteiger partial charge in [0.25, 0.3) is 10.0 Å². The van der Waals surface area contributed by atoms with Crippen LogP contribution in [-0.2, 0) is 14.8 Å². The molecule has 1 fully saturated rings. The Morgan fingerprint density at radius 3 is 2.52 bits per heavy atom. The summed E-state index contributed by atoms with van der Waals surface area (Å²) in [4.78, 5) is 12.8. The summed E-state index contributed by atoms with van der Waals surface area (Å²) in [6.07, 6.45) is 7.50. The van der Waals surface area contributed by atoms with E-state index in [4.69, 9.17) is 0 Å². The maximum Gasteiger partial charge on any atom is 0.264 e. The van der Waals surface area contributed by atoms with Crippen molar-refractivity contribution in [3.05, 3.63) is 59.1 Å². The summed E-state index contributed by atoms with van der Waals surface area (Å²) in [5.74, 6) is 0.713. The third-order valence-corrected chi connectivity index (χ3v) is 9.01. The van der Waals surface area contributed by atoms with Crippen LogP contribution in [0.1, 0.15) is 38.5 Å². The monoisotopic (exact) mass is 524 g/mol. The fraction of sp³-hybridized carbons (Fsp3) is 0.435. The number of halogens is 1. The molecule has 0 unspecified atom stereocenters. The van der Waals surface area contributed by atoms with Crippen molar-refractivity contribution in [2.45, 2.75) is 48.7 Å². The van der Waals surface area contributed by atoms with Gasteiger partial charge in [-0.2, -0.15) is 11.8 Å². The van der Waals surface area contributed by atoms with E-state index in [2.05, 4.69) is 21.2 Å². The normalized spacial score (nSPS) is 14.9. The van der Waals surface area contributed by atoms with Crippen molar-refractivity contribution < 1.29 is 13.2 Å². The third-order valence-electron chi connectivity index (χ3n) is 5.26. The Bertz CT molecular complexity index is 948. The molecular weight excluding hydrogens is 496 g/mol. The quantitative estimate of drug-likeness (QED) is 0.432. The minimum absolute atomic E-state index is 0.159. The number of nitrogens with zero attached hydrogens (tertiary/aromatic N) is 1. The van der Waals surface area contributed by atoms with E-state index in [9.17, 15) is 13.2 Å². The summed E-state index contributed by atoms with van der Waals surface area (Å²) in [6, 6.07) is 15.2. The van der Waals surface area contributed by atoms with Crippen LogP contribution in [0.3, 0.4) is 0 Å². The van der Waals surface area contributed by atoms with Gasteiger partial charge in [-0.1, -0.05) is 59.5 Å². The summed E-state index contributed by atoms with van der Waals surface area (Å²) in [6.45, 7) is 0.291. The van der Waals surface area contributed by atoms with Crippen LogP contribution >= 0.6 is 27.7 Å². The number of hydrogen-bond acceptors (Lipinski definition) is 4. The number of thioether (sulfide) groups is 1. The number of hydrogen-bond donors (Lipinski definition) is 1. The topological polar surface area (TPSA) is 66.5 Å². The molecule has 0 saturated heterocycles. The minimum atomic E-state index is -3.87. The first kappa shape index (κ1) is 24.1. The fourth-order valence-electron chi connectivity index (χ4n) is 3.63. The van der Waals surface area contributed by atoms with Crippen molar-refractivity contribution in [1.82, 2.24) is 5.32 Å². The van der Waals surface area contributed by atoms with Crippen molar-refractivity contribution >= 4 is 49.3 Å². The van der Waals surface area contributed by atoms with Gasteiger partial charge in [0.05, 0.1) is 10.6 Å². The highest BCUT2D eigenvalue weighted by Gasteiger charge is 2.27. The number of sulfonamides is 1. The molecule has 1 amide bonds. The van der Waals surface area contributed by atoms with E-state index >= 15 is 0 Å². The Balaban J connectivity index is 1.60. The van der Waals surface area contributed by atoms with Crippen molar-refractivity contribution in [2.24, 2.45) is 0 Å². The maximum atomic E-state index is 13.3.